The van der Waals surface area contributed by atoms with Crippen LogP contribution in [0.4, 0.5) is 0 Å². The highest BCUT2D eigenvalue weighted by Crippen LogP contribution is 1.97. The third kappa shape index (κ3) is 41.1. The number of rotatable bonds is 2. The molecule has 0 spiro atoms. The lowest BCUT2D eigenvalue weighted by Gasteiger charge is -1.79. The molecule has 0 aliphatic rings. The van der Waals surface area contributed by atoms with E-state index in [1.54, 1.807) is 11.8 Å². The van der Waals surface area contributed by atoms with E-state index in [0.717, 1.165) is 5.57 Å². The van der Waals surface area contributed by atoms with Gasteiger partial charge in [-0.25, -0.2) is 0 Å². The molecule has 68 valence electrons. The summed E-state index contributed by atoms with van der Waals surface area (Å²) in [6.07, 6.45) is 4.02. The van der Waals surface area contributed by atoms with Gasteiger partial charge >= 0.3 is 0 Å². The summed E-state index contributed by atoms with van der Waals surface area (Å²) in [6, 6.07) is 0. The first-order chi connectivity index (χ1) is 5.27. The van der Waals surface area contributed by atoms with E-state index in [1.807, 2.05) is 52.4 Å². The second kappa shape index (κ2) is 22.5. The van der Waals surface area contributed by atoms with E-state index in [2.05, 4.69) is 6.58 Å². The minimum absolute atomic E-state index is 1.11. The molecule has 0 bridgehead atoms. The van der Waals surface area contributed by atoms with Gasteiger partial charge in [-0.3, -0.25) is 0 Å². The Hall–Kier alpha value is -0.170. The van der Waals surface area contributed by atoms with Gasteiger partial charge in [0.2, 0.25) is 0 Å². The molecular weight excluding hydrogens is 152 g/mol. The van der Waals surface area contributed by atoms with E-state index in [-0.39, 0.29) is 0 Å². The number of allylic oxidation sites excluding steroid dienone is 2. The Labute approximate surface area is 76.8 Å². The summed E-state index contributed by atoms with van der Waals surface area (Å²) >= 11 is 1.69. The van der Waals surface area contributed by atoms with Crippen molar-refractivity contribution in [3.63, 3.8) is 0 Å². The van der Waals surface area contributed by atoms with Crippen LogP contribution < -0.4 is 0 Å². The van der Waals surface area contributed by atoms with Crippen LogP contribution in [0.25, 0.3) is 0 Å². The summed E-state index contributed by atoms with van der Waals surface area (Å²) in [6.45, 7) is 13.7. The maximum atomic E-state index is 3.69. The Morgan fingerprint density at radius 2 is 1.55 bits per heavy atom. The van der Waals surface area contributed by atoms with Gasteiger partial charge in [0.05, 0.1) is 0 Å². The van der Waals surface area contributed by atoms with Gasteiger partial charge in [-0.1, -0.05) is 45.9 Å². The summed E-state index contributed by atoms with van der Waals surface area (Å²) in [5.74, 6) is 0. The predicted octanol–water partition coefficient (Wildman–Crippen LogP) is 4.49. The molecule has 0 aromatic heterocycles. The lowest BCUT2D eigenvalue weighted by molar-refractivity contribution is 1.50. The fourth-order valence-electron chi connectivity index (χ4n) is 0.184. The highest BCUT2D eigenvalue weighted by molar-refractivity contribution is 8.01. The van der Waals surface area contributed by atoms with Crippen molar-refractivity contribution >= 4 is 11.8 Å². The van der Waals surface area contributed by atoms with E-state index < -0.39 is 0 Å². The van der Waals surface area contributed by atoms with Crippen LogP contribution >= 0.6 is 11.8 Å². The third-order valence-electron chi connectivity index (χ3n) is 0.489. The van der Waals surface area contributed by atoms with E-state index in [0.29, 0.717) is 0 Å². The normalized spacial score (nSPS) is 7.45. The lowest BCUT2D eigenvalue weighted by Crippen LogP contribution is -1.55. The third-order valence-corrected chi connectivity index (χ3v) is 0.897. The second-order valence-electron chi connectivity index (χ2n) is 1.38. The Kier molecular flexibility index (Phi) is 35.0. The number of hydrogen-bond acceptors (Lipinski definition) is 1. The minimum atomic E-state index is 1.11. The van der Waals surface area contributed by atoms with Crippen molar-refractivity contribution in [2.24, 2.45) is 0 Å². The molecule has 11 heavy (non-hydrogen) atoms. The fraction of sp³-hybridized carbons (Fsp3) is 0.600. The first-order valence-electron chi connectivity index (χ1n) is 4.12. The van der Waals surface area contributed by atoms with E-state index in [1.165, 1.54) is 0 Å². The average Bonchev–Trinajstić information content (AvgIpc) is 2.08. The second-order valence-corrected chi connectivity index (χ2v) is 2.13. The van der Waals surface area contributed by atoms with Crippen LogP contribution in [0.2, 0.25) is 0 Å². The van der Waals surface area contributed by atoms with E-state index in [9.17, 15) is 0 Å². The zero-order valence-electron chi connectivity index (χ0n) is 8.77. The molecule has 0 aromatic rings. The maximum Gasteiger partial charge on any atom is -0.0142 e. The predicted molar refractivity (Wildman–Crippen MR) is 60.2 cm³/mol. The minimum Gasteiger partial charge on any atom is -0.138 e. The highest BCUT2D eigenvalue weighted by Gasteiger charge is 1.68. The van der Waals surface area contributed by atoms with Crippen molar-refractivity contribution in [3.05, 3.63) is 23.6 Å². The van der Waals surface area contributed by atoms with Crippen molar-refractivity contribution in [3.8, 4) is 0 Å². The molecule has 0 aliphatic heterocycles. The molecular formula is C10H22S. The van der Waals surface area contributed by atoms with Crippen molar-refractivity contribution < 1.29 is 0 Å². The molecule has 0 nitrogen and oxygen atoms in total. The molecule has 0 radical (unpaired) electrons. The van der Waals surface area contributed by atoms with Gasteiger partial charge in [-0.15, -0.1) is 11.8 Å². The summed E-state index contributed by atoms with van der Waals surface area (Å²) < 4.78 is 0. The van der Waals surface area contributed by atoms with Crippen molar-refractivity contribution in [1.82, 2.24) is 0 Å². The monoisotopic (exact) mass is 174 g/mol. The molecule has 0 aromatic carbocycles. The largest absolute Gasteiger partial charge is 0.138 e. The van der Waals surface area contributed by atoms with Crippen LogP contribution in [0.1, 0.15) is 34.6 Å². The van der Waals surface area contributed by atoms with E-state index in [4.69, 9.17) is 0 Å². The number of thioether (sulfide) groups is 1. The van der Waals surface area contributed by atoms with E-state index >= 15 is 0 Å². The first-order valence-corrected chi connectivity index (χ1v) is 5.41. The van der Waals surface area contributed by atoms with Crippen molar-refractivity contribution in [1.29, 1.82) is 0 Å². The molecule has 0 amide bonds. The summed E-state index contributed by atoms with van der Waals surface area (Å²) in [5, 5.41) is 2.02. The average molecular weight is 174 g/mol. The zero-order valence-corrected chi connectivity index (χ0v) is 9.59. The van der Waals surface area contributed by atoms with Crippen LogP contribution in [-0.2, 0) is 0 Å². The molecule has 0 N–H and O–H groups in total. The fourth-order valence-corrected chi connectivity index (χ4v) is 0.553. The molecule has 0 saturated heterocycles. The van der Waals surface area contributed by atoms with Gasteiger partial charge in [0.25, 0.3) is 0 Å². The Morgan fingerprint density at radius 1 is 1.18 bits per heavy atom. The van der Waals surface area contributed by atoms with Crippen molar-refractivity contribution in [2.45, 2.75) is 34.6 Å². The molecule has 1 heteroatoms. The molecule has 0 aliphatic carbocycles. The molecule has 0 atom stereocenters. The summed E-state index contributed by atoms with van der Waals surface area (Å²) in [4.78, 5) is 0. The Balaban J connectivity index is -0.000000138. The van der Waals surface area contributed by atoms with Crippen LogP contribution in [-0.4, -0.2) is 6.26 Å². The first kappa shape index (κ1) is 17.1. The van der Waals surface area contributed by atoms with Crippen molar-refractivity contribution in [2.75, 3.05) is 6.26 Å². The van der Waals surface area contributed by atoms with Gasteiger partial charge in [-0.05, 0) is 18.6 Å². The van der Waals surface area contributed by atoms with Crippen LogP contribution in [0.15, 0.2) is 23.6 Å². The Bertz CT molecular complexity index is 82.9. The lowest BCUT2D eigenvalue weighted by atomic mass is 10.4. The zero-order chi connectivity index (χ0) is 9.70. The molecule has 0 fully saturated rings. The van der Waals surface area contributed by atoms with Gasteiger partial charge in [0.1, 0.15) is 0 Å². The molecule has 0 rings (SSSR count). The van der Waals surface area contributed by atoms with Gasteiger partial charge in [0.15, 0.2) is 0 Å². The van der Waals surface area contributed by atoms with Gasteiger partial charge in [-0.2, -0.15) is 0 Å². The quantitative estimate of drug-likeness (QED) is 0.556. The molecule has 0 unspecified atom stereocenters. The molecule has 0 saturated carbocycles. The maximum absolute atomic E-state index is 3.69. The van der Waals surface area contributed by atoms with Gasteiger partial charge in [0, 0.05) is 0 Å². The SMILES string of the molecule is C=C(C)/C=C\SC.CC.CC. The Morgan fingerprint density at radius 3 is 1.64 bits per heavy atom. The number of hydrogen-bond donors (Lipinski definition) is 0. The van der Waals surface area contributed by atoms with Crippen LogP contribution in [0.3, 0.4) is 0 Å². The van der Waals surface area contributed by atoms with Crippen LogP contribution in [0, 0.1) is 0 Å². The smallest absolute Gasteiger partial charge is 0.0142 e. The standard InChI is InChI=1S/C6H10S.2C2H6/c1-6(2)4-5-7-3;2*1-2/h4-5H,1H2,2-3H3;2*1-2H3/b5-4-;;. The van der Waals surface area contributed by atoms with Crippen LogP contribution in [0.5, 0.6) is 0 Å². The topological polar surface area (TPSA) is 0 Å². The highest BCUT2D eigenvalue weighted by atomic mass is 32.2. The van der Waals surface area contributed by atoms with Gasteiger partial charge < -0.3 is 0 Å². The summed E-state index contributed by atoms with van der Waals surface area (Å²) in [5.41, 5.74) is 1.11. The molecule has 0 heterocycles. The summed E-state index contributed by atoms with van der Waals surface area (Å²) in [7, 11) is 0.